The number of hydrogen-bond acceptors (Lipinski definition) is 4. The van der Waals surface area contributed by atoms with Crippen molar-refractivity contribution in [2.45, 2.75) is 32.9 Å². The lowest BCUT2D eigenvalue weighted by molar-refractivity contribution is -0.385. The second kappa shape index (κ2) is 6.36. The van der Waals surface area contributed by atoms with Gasteiger partial charge < -0.3 is 9.30 Å². The first kappa shape index (κ1) is 17.8. The van der Waals surface area contributed by atoms with Gasteiger partial charge in [0.25, 0.3) is 5.69 Å². The molecule has 3 aromatic rings. The highest BCUT2D eigenvalue weighted by Gasteiger charge is 2.31. The Kier molecular flexibility index (Phi) is 4.35. The quantitative estimate of drug-likeness (QED) is 0.493. The van der Waals surface area contributed by atoms with Gasteiger partial charge in [-0.25, -0.2) is 13.8 Å². The molecule has 0 atom stereocenters. The lowest BCUT2D eigenvalue weighted by Gasteiger charge is -2.26. The number of rotatable bonds is 5. The van der Waals surface area contributed by atoms with Crippen LogP contribution in [0.4, 0.5) is 14.5 Å². The van der Waals surface area contributed by atoms with Gasteiger partial charge in [0.15, 0.2) is 23.0 Å². The van der Waals surface area contributed by atoms with E-state index in [1.54, 1.807) is 19.9 Å². The van der Waals surface area contributed by atoms with E-state index in [1.807, 2.05) is 11.5 Å². The van der Waals surface area contributed by atoms with Crippen molar-refractivity contribution in [2.75, 3.05) is 0 Å². The molecule has 6 nitrogen and oxygen atoms in total. The second-order valence-corrected chi connectivity index (χ2v) is 6.30. The first-order valence-corrected chi connectivity index (χ1v) is 8.02. The maximum Gasteiger partial charge on any atom is 0.272 e. The number of aryl methyl sites for hydroxylation is 1. The average Bonchev–Trinajstić information content (AvgIpc) is 2.94. The molecule has 0 saturated carbocycles. The number of fused-ring (bicyclic) bond motifs is 1. The van der Waals surface area contributed by atoms with Crippen molar-refractivity contribution in [3.63, 3.8) is 0 Å². The molecule has 26 heavy (non-hydrogen) atoms. The molecule has 0 aliphatic carbocycles. The third-order valence-corrected chi connectivity index (χ3v) is 4.06. The molecule has 0 amide bonds. The van der Waals surface area contributed by atoms with E-state index in [9.17, 15) is 18.9 Å². The molecule has 0 saturated heterocycles. The monoisotopic (exact) mass is 361 g/mol. The summed E-state index contributed by atoms with van der Waals surface area (Å²) in [6, 6.07) is 7.51. The fourth-order valence-corrected chi connectivity index (χ4v) is 2.89. The molecule has 1 aromatic heterocycles. The first-order chi connectivity index (χ1) is 12.2. The molecule has 0 unspecified atom stereocenters. The Morgan fingerprint density at radius 3 is 2.58 bits per heavy atom. The molecular weight excluding hydrogens is 344 g/mol. The van der Waals surface area contributed by atoms with E-state index in [1.165, 1.54) is 24.3 Å². The van der Waals surface area contributed by atoms with E-state index in [-0.39, 0.29) is 11.4 Å². The summed E-state index contributed by atoms with van der Waals surface area (Å²) in [6.07, 6.45) is 0. The van der Waals surface area contributed by atoms with Crippen LogP contribution in [0.1, 0.15) is 26.6 Å². The average molecular weight is 361 g/mol. The summed E-state index contributed by atoms with van der Waals surface area (Å²) in [5.41, 5.74) is -0.195. The maximum atomic E-state index is 14.2. The molecule has 0 bridgehead atoms. The molecule has 2 aromatic carbocycles. The van der Waals surface area contributed by atoms with Crippen LogP contribution in [0.3, 0.4) is 0 Å². The van der Waals surface area contributed by atoms with Crippen molar-refractivity contribution in [3.8, 4) is 5.75 Å². The van der Waals surface area contributed by atoms with E-state index in [2.05, 4.69) is 4.98 Å². The van der Waals surface area contributed by atoms with Gasteiger partial charge in [-0.05, 0) is 39.0 Å². The van der Waals surface area contributed by atoms with E-state index >= 15 is 0 Å². The van der Waals surface area contributed by atoms with Crippen LogP contribution in [0.25, 0.3) is 11.0 Å². The Labute approximate surface area is 148 Å². The summed E-state index contributed by atoms with van der Waals surface area (Å²) in [6.45, 7) is 5.89. The van der Waals surface area contributed by atoms with Crippen LogP contribution in [0, 0.1) is 21.7 Å². The molecule has 0 radical (unpaired) electrons. The Morgan fingerprint density at radius 2 is 1.96 bits per heavy atom. The Hall–Kier alpha value is -3.03. The zero-order chi connectivity index (χ0) is 19.1. The SMILES string of the molecule is CCn1c(C(C)(C)Oc2ccc([N+](=O)[O-])cc2F)nc2cc(F)ccc21. The number of hydrogen-bond donors (Lipinski definition) is 0. The van der Waals surface area contributed by atoms with Gasteiger partial charge in [-0.15, -0.1) is 0 Å². The fourth-order valence-electron chi connectivity index (χ4n) is 2.89. The molecule has 0 aliphatic rings. The predicted octanol–water partition coefficient (Wildman–Crippen LogP) is 4.56. The maximum absolute atomic E-state index is 14.2. The highest BCUT2D eigenvalue weighted by molar-refractivity contribution is 5.76. The van der Waals surface area contributed by atoms with Gasteiger partial charge in [-0.3, -0.25) is 10.1 Å². The summed E-state index contributed by atoms with van der Waals surface area (Å²) < 4.78 is 35.3. The molecule has 0 N–H and O–H groups in total. The van der Waals surface area contributed by atoms with Gasteiger partial charge in [0.2, 0.25) is 0 Å². The van der Waals surface area contributed by atoms with Crippen molar-refractivity contribution in [2.24, 2.45) is 0 Å². The van der Waals surface area contributed by atoms with Crippen molar-refractivity contribution < 1.29 is 18.4 Å². The largest absolute Gasteiger partial charge is 0.477 e. The van der Waals surface area contributed by atoms with E-state index in [0.717, 1.165) is 11.6 Å². The second-order valence-electron chi connectivity index (χ2n) is 6.30. The summed E-state index contributed by atoms with van der Waals surface area (Å²) in [7, 11) is 0. The number of halogens is 2. The van der Waals surface area contributed by atoms with Gasteiger partial charge in [-0.2, -0.15) is 0 Å². The Balaban J connectivity index is 2.03. The summed E-state index contributed by atoms with van der Waals surface area (Å²) >= 11 is 0. The number of nitrogens with zero attached hydrogens (tertiary/aromatic N) is 3. The number of ether oxygens (including phenoxy) is 1. The number of non-ortho nitro benzene ring substituents is 1. The third kappa shape index (κ3) is 3.10. The third-order valence-electron chi connectivity index (χ3n) is 4.06. The topological polar surface area (TPSA) is 70.2 Å². The van der Waals surface area contributed by atoms with Crippen LogP contribution >= 0.6 is 0 Å². The molecular formula is C18H17F2N3O3. The summed E-state index contributed by atoms with van der Waals surface area (Å²) in [4.78, 5) is 14.5. The van der Waals surface area contributed by atoms with Gasteiger partial charge in [0.05, 0.1) is 22.0 Å². The number of imidazole rings is 1. The number of nitro groups is 1. The molecule has 1 heterocycles. The number of benzene rings is 2. The predicted molar refractivity (Wildman–Crippen MR) is 92.1 cm³/mol. The zero-order valence-corrected chi connectivity index (χ0v) is 14.5. The van der Waals surface area contributed by atoms with Crippen LogP contribution in [0.2, 0.25) is 0 Å². The number of aromatic nitrogens is 2. The standard InChI is InChI=1S/C18H17F2N3O3/c1-4-22-15-7-5-11(19)9-14(15)21-17(22)18(2,3)26-16-8-6-12(23(24)25)10-13(16)20/h5-10H,4H2,1-3H3. The van der Waals surface area contributed by atoms with Gasteiger partial charge in [0.1, 0.15) is 5.82 Å². The Bertz CT molecular complexity index is 999. The Morgan fingerprint density at radius 1 is 1.23 bits per heavy atom. The van der Waals surface area contributed by atoms with Crippen molar-refractivity contribution in [3.05, 3.63) is 64.0 Å². The minimum absolute atomic E-state index is 0.124. The van der Waals surface area contributed by atoms with Crippen molar-refractivity contribution in [1.82, 2.24) is 9.55 Å². The van der Waals surface area contributed by atoms with E-state index in [0.29, 0.717) is 17.9 Å². The van der Waals surface area contributed by atoms with Crippen LogP contribution in [-0.4, -0.2) is 14.5 Å². The first-order valence-electron chi connectivity index (χ1n) is 8.02. The van der Waals surface area contributed by atoms with E-state index in [4.69, 9.17) is 4.74 Å². The van der Waals surface area contributed by atoms with Gasteiger partial charge >= 0.3 is 0 Å². The van der Waals surface area contributed by atoms with Crippen LogP contribution in [0.5, 0.6) is 5.75 Å². The van der Waals surface area contributed by atoms with E-state index < -0.39 is 22.2 Å². The fraction of sp³-hybridized carbons (Fsp3) is 0.278. The molecule has 0 spiro atoms. The smallest absolute Gasteiger partial charge is 0.272 e. The lowest BCUT2D eigenvalue weighted by atomic mass is 10.1. The molecule has 0 fully saturated rings. The van der Waals surface area contributed by atoms with Gasteiger partial charge in [0, 0.05) is 18.7 Å². The van der Waals surface area contributed by atoms with Crippen LogP contribution in [-0.2, 0) is 12.1 Å². The molecule has 0 aliphatic heterocycles. The highest BCUT2D eigenvalue weighted by Crippen LogP contribution is 2.32. The molecule has 136 valence electrons. The van der Waals surface area contributed by atoms with Crippen LogP contribution in [0.15, 0.2) is 36.4 Å². The lowest BCUT2D eigenvalue weighted by Crippen LogP contribution is -2.30. The van der Waals surface area contributed by atoms with Gasteiger partial charge in [-0.1, -0.05) is 0 Å². The zero-order valence-electron chi connectivity index (χ0n) is 14.5. The van der Waals surface area contributed by atoms with Crippen LogP contribution < -0.4 is 4.74 Å². The number of nitro benzene ring substituents is 1. The van der Waals surface area contributed by atoms with Crippen molar-refractivity contribution >= 4 is 16.7 Å². The minimum Gasteiger partial charge on any atom is -0.477 e. The highest BCUT2D eigenvalue weighted by atomic mass is 19.1. The molecule has 8 heteroatoms. The van der Waals surface area contributed by atoms with Crippen molar-refractivity contribution in [1.29, 1.82) is 0 Å². The normalized spacial score (nSPS) is 11.7. The summed E-state index contributed by atoms with van der Waals surface area (Å²) in [5, 5.41) is 10.7. The summed E-state index contributed by atoms with van der Waals surface area (Å²) in [5.74, 6) is -0.859. The minimum atomic E-state index is -1.05. The molecule has 3 rings (SSSR count).